The number of rotatable bonds is 5. The highest BCUT2D eigenvalue weighted by atomic mass is 127. The van der Waals surface area contributed by atoms with E-state index in [4.69, 9.17) is 0 Å². The molecule has 1 aromatic carbocycles. The van der Waals surface area contributed by atoms with Gasteiger partial charge in [-0.15, -0.1) is 0 Å². The smallest absolute Gasteiger partial charge is 0.326 e. The van der Waals surface area contributed by atoms with E-state index in [1.165, 1.54) is 6.33 Å². The van der Waals surface area contributed by atoms with E-state index < -0.39 is 17.9 Å². The molecule has 0 spiro atoms. The average Bonchev–Trinajstić information content (AvgIpc) is 2.93. The summed E-state index contributed by atoms with van der Waals surface area (Å²) in [6.07, 6.45) is 3.17. The van der Waals surface area contributed by atoms with E-state index in [-0.39, 0.29) is 6.42 Å². The summed E-state index contributed by atoms with van der Waals surface area (Å²) < 4.78 is 0.818. The van der Waals surface area contributed by atoms with Crippen LogP contribution in [0.5, 0.6) is 0 Å². The van der Waals surface area contributed by atoms with Gasteiger partial charge < -0.3 is 15.4 Å². The number of nitrogens with one attached hydrogen (secondary N) is 2. The van der Waals surface area contributed by atoms with Crippen LogP contribution in [-0.2, 0) is 11.2 Å². The zero-order valence-corrected chi connectivity index (χ0v) is 13.4. The first-order valence-corrected chi connectivity index (χ1v) is 7.33. The molecule has 0 fully saturated rings. The summed E-state index contributed by atoms with van der Waals surface area (Å²) in [5.41, 5.74) is 2.11. The van der Waals surface area contributed by atoms with Gasteiger partial charge in [-0.25, -0.2) is 9.78 Å². The number of carboxylic acids is 1. The number of imidazole rings is 1. The Morgan fingerprint density at radius 1 is 1.48 bits per heavy atom. The number of hydrogen-bond donors (Lipinski definition) is 3. The number of H-pyrrole nitrogens is 1. The molecule has 0 aliphatic rings. The van der Waals surface area contributed by atoms with E-state index in [1.807, 2.05) is 13.0 Å². The molecule has 110 valence electrons. The third-order valence-electron chi connectivity index (χ3n) is 3.02. The van der Waals surface area contributed by atoms with Crippen molar-refractivity contribution in [2.24, 2.45) is 0 Å². The number of carboxylic acid groups (broad SMARTS) is 1. The summed E-state index contributed by atoms with van der Waals surface area (Å²) in [7, 11) is 0. The lowest BCUT2D eigenvalue weighted by molar-refractivity contribution is -0.139. The summed E-state index contributed by atoms with van der Waals surface area (Å²) in [5, 5.41) is 11.8. The number of aromatic nitrogens is 2. The molecule has 0 radical (unpaired) electrons. The zero-order chi connectivity index (χ0) is 15.4. The maximum atomic E-state index is 12.3. The maximum Gasteiger partial charge on any atom is 0.326 e. The summed E-state index contributed by atoms with van der Waals surface area (Å²) in [4.78, 5) is 30.2. The first-order valence-electron chi connectivity index (χ1n) is 6.25. The minimum absolute atomic E-state index is 0.156. The Morgan fingerprint density at radius 2 is 2.24 bits per heavy atom. The average molecular weight is 399 g/mol. The molecule has 1 heterocycles. The summed E-state index contributed by atoms with van der Waals surface area (Å²) in [6, 6.07) is 4.35. The van der Waals surface area contributed by atoms with Crippen molar-refractivity contribution < 1.29 is 14.7 Å². The Kier molecular flexibility index (Phi) is 4.94. The van der Waals surface area contributed by atoms with E-state index in [0.717, 1.165) is 9.13 Å². The number of aromatic amines is 1. The number of carbonyl (C=O) groups is 2. The normalized spacial score (nSPS) is 11.9. The van der Waals surface area contributed by atoms with Crippen molar-refractivity contribution in [2.75, 3.05) is 0 Å². The Hall–Kier alpha value is -1.90. The monoisotopic (exact) mass is 399 g/mol. The van der Waals surface area contributed by atoms with Crippen molar-refractivity contribution in [1.29, 1.82) is 0 Å². The van der Waals surface area contributed by atoms with Gasteiger partial charge in [0.1, 0.15) is 6.04 Å². The number of nitrogens with zero attached hydrogens (tertiary/aromatic N) is 1. The highest BCUT2D eigenvalue weighted by Gasteiger charge is 2.22. The van der Waals surface area contributed by atoms with Gasteiger partial charge in [0.25, 0.3) is 5.91 Å². The fraction of sp³-hybridized carbons (Fsp3) is 0.214. The van der Waals surface area contributed by atoms with Crippen LogP contribution in [0.25, 0.3) is 0 Å². The Balaban J connectivity index is 2.15. The molecule has 1 aromatic heterocycles. The largest absolute Gasteiger partial charge is 0.480 e. The van der Waals surface area contributed by atoms with Gasteiger partial charge in [0.05, 0.1) is 11.9 Å². The molecule has 1 unspecified atom stereocenters. The third kappa shape index (κ3) is 3.81. The molecule has 0 bridgehead atoms. The van der Waals surface area contributed by atoms with Crippen LogP contribution in [0.2, 0.25) is 0 Å². The molecule has 21 heavy (non-hydrogen) atoms. The molecule has 7 heteroatoms. The van der Waals surface area contributed by atoms with Crippen molar-refractivity contribution in [3.8, 4) is 0 Å². The number of amides is 1. The SMILES string of the molecule is Cc1cccc(C(=O)NC(Cc2cnc[nH]2)C(=O)O)c1I. The van der Waals surface area contributed by atoms with Crippen LogP contribution >= 0.6 is 22.6 Å². The van der Waals surface area contributed by atoms with Gasteiger partial charge >= 0.3 is 5.97 Å². The second kappa shape index (κ2) is 6.70. The molecular formula is C14H14IN3O3. The number of aliphatic carboxylic acids is 1. The van der Waals surface area contributed by atoms with Crippen LogP contribution in [0.3, 0.4) is 0 Å². The highest BCUT2D eigenvalue weighted by molar-refractivity contribution is 14.1. The van der Waals surface area contributed by atoms with Crippen molar-refractivity contribution in [1.82, 2.24) is 15.3 Å². The molecule has 0 aliphatic heterocycles. The topological polar surface area (TPSA) is 95.1 Å². The maximum absolute atomic E-state index is 12.3. The van der Waals surface area contributed by atoms with Crippen LogP contribution in [0.1, 0.15) is 21.6 Å². The molecule has 2 aromatic rings. The quantitative estimate of drug-likeness (QED) is 0.668. The molecule has 0 saturated heterocycles. The van der Waals surface area contributed by atoms with E-state index in [0.29, 0.717) is 11.3 Å². The van der Waals surface area contributed by atoms with E-state index in [1.54, 1.807) is 18.3 Å². The number of carbonyl (C=O) groups excluding carboxylic acids is 1. The van der Waals surface area contributed by atoms with Crippen LogP contribution in [0.4, 0.5) is 0 Å². The minimum atomic E-state index is -1.08. The Morgan fingerprint density at radius 3 is 2.86 bits per heavy atom. The lowest BCUT2D eigenvalue weighted by Crippen LogP contribution is -2.42. The van der Waals surface area contributed by atoms with E-state index in [9.17, 15) is 14.7 Å². The van der Waals surface area contributed by atoms with E-state index >= 15 is 0 Å². The molecule has 1 amide bonds. The van der Waals surface area contributed by atoms with Gasteiger partial charge in [0.2, 0.25) is 0 Å². The second-order valence-corrected chi connectivity index (χ2v) is 5.66. The summed E-state index contributed by atoms with van der Waals surface area (Å²) in [6.45, 7) is 1.90. The highest BCUT2D eigenvalue weighted by Crippen LogP contribution is 2.16. The van der Waals surface area contributed by atoms with Crippen molar-refractivity contribution >= 4 is 34.5 Å². The first-order chi connectivity index (χ1) is 9.99. The van der Waals surface area contributed by atoms with Crippen LogP contribution < -0.4 is 5.32 Å². The van der Waals surface area contributed by atoms with Gasteiger partial charge in [0, 0.05) is 21.9 Å². The first kappa shape index (κ1) is 15.5. The number of aryl methyl sites for hydroxylation is 1. The van der Waals surface area contributed by atoms with E-state index in [2.05, 4.69) is 37.9 Å². The molecule has 6 nitrogen and oxygen atoms in total. The predicted molar refractivity (Wildman–Crippen MR) is 85.1 cm³/mol. The number of benzene rings is 1. The second-order valence-electron chi connectivity index (χ2n) is 4.58. The van der Waals surface area contributed by atoms with Gasteiger partial charge in [-0.05, 0) is 41.1 Å². The van der Waals surface area contributed by atoms with Crippen molar-refractivity contribution in [3.63, 3.8) is 0 Å². The van der Waals surface area contributed by atoms with Gasteiger partial charge in [0.15, 0.2) is 0 Å². The van der Waals surface area contributed by atoms with Crippen molar-refractivity contribution in [2.45, 2.75) is 19.4 Å². The molecule has 1 atom stereocenters. The fourth-order valence-electron chi connectivity index (χ4n) is 1.88. The molecule has 2 rings (SSSR count). The lowest BCUT2D eigenvalue weighted by Gasteiger charge is -2.15. The predicted octanol–water partition coefficient (Wildman–Crippen LogP) is 1.75. The van der Waals surface area contributed by atoms with Gasteiger partial charge in [-0.2, -0.15) is 0 Å². The minimum Gasteiger partial charge on any atom is -0.480 e. The van der Waals surface area contributed by atoms with Gasteiger partial charge in [-0.1, -0.05) is 12.1 Å². The molecule has 0 saturated carbocycles. The standard InChI is InChI=1S/C14H14IN3O3/c1-8-3-2-4-10(12(8)15)13(19)18-11(14(20)21)5-9-6-16-7-17-9/h2-4,6-7,11H,5H2,1H3,(H,16,17)(H,18,19)(H,20,21). The molecule has 3 N–H and O–H groups in total. The van der Waals surface area contributed by atoms with Crippen molar-refractivity contribution in [3.05, 3.63) is 51.1 Å². The van der Waals surface area contributed by atoms with Crippen LogP contribution in [0.15, 0.2) is 30.7 Å². The summed E-state index contributed by atoms with van der Waals surface area (Å²) in [5.74, 6) is -1.48. The Labute approximate surface area is 135 Å². The van der Waals surface area contributed by atoms with Gasteiger partial charge in [-0.3, -0.25) is 4.79 Å². The fourth-order valence-corrected chi connectivity index (χ4v) is 2.48. The molecule has 0 aliphatic carbocycles. The lowest BCUT2D eigenvalue weighted by atomic mass is 10.1. The summed E-state index contributed by atoms with van der Waals surface area (Å²) >= 11 is 2.08. The Bertz CT molecular complexity index is 655. The number of hydrogen-bond acceptors (Lipinski definition) is 3. The number of halogens is 1. The zero-order valence-electron chi connectivity index (χ0n) is 11.3. The molecular weight excluding hydrogens is 385 g/mol. The van der Waals surface area contributed by atoms with Crippen LogP contribution in [-0.4, -0.2) is 33.0 Å². The third-order valence-corrected chi connectivity index (χ3v) is 4.45. The van der Waals surface area contributed by atoms with Crippen LogP contribution in [0, 0.1) is 10.5 Å².